The van der Waals surface area contributed by atoms with Crippen molar-refractivity contribution in [1.82, 2.24) is 25.4 Å². The van der Waals surface area contributed by atoms with Gasteiger partial charge in [-0.25, -0.2) is 13.8 Å². The molecule has 2 N–H and O–H groups in total. The summed E-state index contributed by atoms with van der Waals surface area (Å²) in [7, 11) is 3.51. The van der Waals surface area contributed by atoms with Gasteiger partial charge in [-0.1, -0.05) is 18.2 Å². The Morgan fingerprint density at radius 1 is 1.15 bits per heavy atom. The number of guanidine groups is 1. The zero-order valence-electron chi connectivity index (χ0n) is 19.1. The number of benzene rings is 2. The number of halogens is 3. The van der Waals surface area contributed by atoms with Crippen molar-refractivity contribution in [3.63, 3.8) is 0 Å². The quantitative estimate of drug-likeness (QED) is 0.243. The molecule has 3 aromatic rings. The molecule has 1 aromatic heterocycles. The summed E-state index contributed by atoms with van der Waals surface area (Å²) >= 11 is 0. The average Bonchev–Trinajstić information content (AvgIpc) is 3.09. The number of rotatable bonds is 8. The van der Waals surface area contributed by atoms with Crippen LogP contribution in [-0.4, -0.2) is 34.4 Å². The average molecular weight is 570 g/mol. The molecule has 0 saturated carbocycles. The fraction of sp³-hybridized carbons (Fsp3) is 0.348. The standard InChI is InChI=1S/C23H28F2N6O.HI/c1-15(20-10-7-18(24)13-21(20)25)28-23(27-14-22-30-29-16(2)31(22)3)26-12-11-17-5-8-19(32-4)9-6-17;/h5-10,13,15H,11-12,14H2,1-4H3,(H2,26,27,28);1H. The lowest BCUT2D eigenvalue weighted by Gasteiger charge is -2.19. The zero-order chi connectivity index (χ0) is 23.1. The van der Waals surface area contributed by atoms with Crippen LogP contribution in [0, 0.1) is 18.6 Å². The van der Waals surface area contributed by atoms with Gasteiger partial charge in [-0.05, 0) is 44.0 Å². The molecule has 1 unspecified atom stereocenters. The van der Waals surface area contributed by atoms with Crippen molar-refractivity contribution in [2.75, 3.05) is 13.7 Å². The molecule has 0 bridgehead atoms. The summed E-state index contributed by atoms with van der Waals surface area (Å²) in [5.74, 6) is 1.59. The molecule has 10 heteroatoms. The summed E-state index contributed by atoms with van der Waals surface area (Å²) in [6.45, 7) is 4.57. The molecule has 1 heterocycles. The first-order valence-electron chi connectivity index (χ1n) is 10.3. The fourth-order valence-electron chi connectivity index (χ4n) is 3.14. The van der Waals surface area contributed by atoms with E-state index in [0.717, 1.165) is 29.6 Å². The summed E-state index contributed by atoms with van der Waals surface area (Å²) in [5.41, 5.74) is 1.49. The van der Waals surface area contributed by atoms with Crippen molar-refractivity contribution in [3.8, 4) is 5.75 Å². The molecule has 1 atom stereocenters. The van der Waals surface area contributed by atoms with E-state index in [9.17, 15) is 8.78 Å². The molecule has 0 amide bonds. The van der Waals surface area contributed by atoms with Crippen molar-refractivity contribution in [3.05, 3.63) is 76.9 Å². The third-order valence-electron chi connectivity index (χ3n) is 5.21. The number of ether oxygens (including phenoxy) is 1. The van der Waals surface area contributed by atoms with Crippen molar-refractivity contribution in [2.24, 2.45) is 12.0 Å². The molecule has 0 aliphatic carbocycles. The van der Waals surface area contributed by atoms with Gasteiger partial charge in [-0.3, -0.25) is 0 Å². The van der Waals surface area contributed by atoms with Crippen molar-refractivity contribution in [2.45, 2.75) is 32.9 Å². The maximum atomic E-state index is 14.2. The lowest BCUT2D eigenvalue weighted by molar-refractivity contribution is 0.414. The monoisotopic (exact) mass is 570 g/mol. The maximum Gasteiger partial charge on any atom is 0.192 e. The first-order chi connectivity index (χ1) is 15.4. The molecule has 178 valence electrons. The van der Waals surface area contributed by atoms with Crippen LogP contribution in [0.2, 0.25) is 0 Å². The van der Waals surface area contributed by atoms with Gasteiger partial charge >= 0.3 is 0 Å². The van der Waals surface area contributed by atoms with Crippen LogP contribution in [-0.2, 0) is 20.0 Å². The Bertz CT molecular complexity index is 1070. The minimum atomic E-state index is -0.609. The highest BCUT2D eigenvalue weighted by Crippen LogP contribution is 2.17. The SMILES string of the molecule is COc1ccc(CCNC(=NCc2nnc(C)n2C)NC(C)c2ccc(F)cc2F)cc1.I. The lowest BCUT2D eigenvalue weighted by atomic mass is 10.1. The Morgan fingerprint density at radius 2 is 1.88 bits per heavy atom. The Balaban J connectivity index is 0.00000385. The Kier molecular flexibility index (Phi) is 10.0. The van der Waals surface area contributed by atoms with Crippen molar-refractivity contribution >= 4 is 29.9 Å². The van der Waals surface area contributed by atoms with Crippen molar-refractivity contribution < 1.29 is 13.5 Å². The van der Waals surface area contributed by atoms with Crippen LogP contribution in [0.1, 0.15) is 35.7 Å². The highest BCUT2D eigenvalue weighted by Gasteiger charge is 2.14. The molecular weight excluding hydrogens is 541 g/mol. The number of nitrogens with one attached hydrogen (secondary N) is 2. The van der Waals surface area contributed by atoms with Crippen LogP contribution in [0.4, 0.5) is 8.78 Å². The molecule has 33 heavy (non-hydrogen) atoms. The van der Waals surface area contributed by atoms with Gasteiger partial charge in [0.2, 0.25) is 0 Å². The maximum absolute atomic E-state index is 14.2. The molecule has 0 aliphatic rings. The highest BCUT2D eigenvalue weighted by molar-refractivity contribution is 14.0. The third kappa shape index (κ3) is 7.37. The van der Waals surface area contributed by atoms with Gasteiger partial charge in [0.25, 0.3) is 0 Å². The van der Waals surface area contributed by atoms with Gasteiger partial charge in [-0.15, -0.1) is 34.2 Å². The van der Waals surface area contributed by atoms with Crippen LogP contribution in [0.25, 0.3) is 0 Å². The van der Waals surface area contributed by atoms with Gasteiger partial charge in [0, 0.05) is 25.2 Å². The van der Waals surface area contributed by atoms with Crippen LogP contribution in [0.5, 0.6) is 5.75 Å². The second kappa shape index (κ2) is 12.5. The Labute approximate surface area is 209 Å². The molecular formula is C23H29F2IN6O. The van der Waals surface area contributed by atoms with E-state index < -0.39 is 17.7 Å². The van der Waals surface area contributed by atoms with Gasteiger partial charge in [0.05, 0.1) is 13.2 Å². The first kappa shape index (κ1) is 26.5. The largest absolute Gasteiger partial charge is 0.497 e. The summed E-state index contributed by atoms with van der Waals surface area (Å²) in [4.78, 5) is 4.59. The minimum Gasteiger partial charge on any atom is -0.497 e. The number of hydrogen-bond acceptors (Lipinski definition) is 4. The second-order valence-electron chi connectivity index (χ2n) is 7.44. The number of aryl methyl sites for hydroxylation is 1. The fourth-order valence-corrected chi connectivity index (χ4v) is 3.14. The Hall–Kier alpha value is -2.76. The number of aliphatic imine (C=N–C) groups is 1. The van der Waals surface area contributed by atoms with Crippen LogP contribution >= 0.6 is 24.0 Å². The first-order valence-corrected chi connectivity index (χ1v) is 10.3. The molecule has 3 rings (SSSR count). The Morgan fingerprint density at radius 3 is 2.48 bits per heavy atom. The number of aromatic nitrogens is 3. The molecule has 0 fully saturated rings. The van der Waals surface area contributed by atoms with Gasteiger partial charge in [0.1, 0.15) is 29.8 Å². The van der Waals surface area contributed by atoms with Crippen LogP contribution in [0.15, 0.2) is 47.5 Å². The van der Waals surface area contributed by atoms with Gasteiger partial charge in [0.15, 0.2) is 11.8 Å². The summed E-state index contributed by atoms with van der Waals surface area (Å²) in [6, 6.07) is 11.0. The van der Waals surface area contributed by atoms with E-state index in [4.69, 9.17) is 4.74 Å². The smallest absolute Gasteiger partial charge is 0.192 e. The van der Waals surface area contributed by atoms with Gasteiger partial charge in [-0.2, -0.15) is 0 Å². The lowest BCUT2D eigenvalue weighted by Crippen LogP contribution is -2.40. The van der Waals surface area contributed by atoms with Crippen LogP contribution in [0.3, 0.4) is 0 Å². The molecule has 0 radical (unpaired) electrons. The van der Waals surface area contributed by atoms with Crippen molar-refractivity contribution in [1.29, 1.82) is 0 Å². The van der Waals surface area contributed by atoms with E-state index in [1.807, 2.05) is 42.8 Å². The molecule has 2 aromatic carbocycles. The normalized spacial score (nSPS) is 12.1. The minimum absolute atomic E-state index is 0. The molecule has 0 saturated heterocycles. The second-order valence-corrected chi connectivity index (χ2v) is 7.44. The third-order valence-corrected chi connectivity index (χ3v) is 5.21. The van der Waals surface area contributed by atoms with E-state index in [1.165, 1.54) is 12.1 Å². The molecule has 7 nitrogen and oxygen atoms in total. The van der Waals surface area contributed by atoms with E-state index in [-0.39, 0.29) is 24.0 Å². The van der Waals surface area contributed by atoms with Gasteiger partial charge < -0.3 is 19.9 Å². The summed E-state index contributed by atoms with van der Waals surface area (Å²) in [5, 5.41) is 14.6. The zero-order valence-corrected chi connectivity index (χ0v) is 21.4. The van der Waals surface area contributed by atoms with E-state index in [2.05, 4.69) is 25.8 Å². The number of hydrogen-bond donors (Lipinski definition) is 2. The van der Waals surface area contributed by atoms with Crippen LogP contribution < -0.4 is 15.4 Å². The predicted octanol–water partition coefficient (Wildman–Crippen LogP) is 4.07. The topological polar surface area (TPSA) is 76.4 Å². The summed E-state index contributed by atoms with van der Waals surface area (Å²) < 4.78 is 34.5. The highest BCUT2D eigenvalue weighted by atomic mass is 127. The molecule has 0 aliphatic heterocycles. The number of nitrogens with zero attached hydrogens (tertiary/aromatic N) is 4. The predicted molar refractivity (Wildman–Crippen MR) is 135 cm³/mol. The number of methoxy groups -OCH3 is 1. The van der Waals surface area contributed by atoms with E-state index >= 15 is 0 Å². The van der Waals surface area contributed by atoms with E-state index in [1.54, 1.807) is 14.0 Å². The summed E-state index contributed by atoms with van der Waals surface area (Å²) in [6.07, 6.45) is 0.757. The molecule has 0 spiro atoms. The van der Waals surface area contributed by atoms with E-state index in [0.29, 0.717) is 30.4 Å².